The fourth-order valence-corrected chi connectivity index (χ4v) is 3.17. The minimum Gasteiger partial charge on any atom is -0.481 e. The van der Waals surface area contributed by atoms with Crippen molar-refractivity contribution in [3.05, 3.63) is 11.3 Å². The Labute approximate surface area is 116 Å². The number of hydrogen-bond donors (Lipinski definition) is 1. The summed E-state index contributed by atoms with van der Waals surface area (Å²) in [5, 5.41) is 7.92. The average molecular weight is 265 g/mol. The van der Waals surface area contributed by atoms with Crippen molar-refractivity contribution in [1.29, 1.82) is 0 Å². The second kappa shape index (κ2) is 6.94. The third-order valence-electron chi connectivity index (χ3n) is 4.22. The predicted octanol–water partition coefficient (Wildman–Crippen LogP) is 2.80. The van der Waals surface area contributed by atoms with E-state index in [0.29, 0.717) is 0 Å². The van der Waals surface area contributed by atoms with E-state index in [4.69, 9.17) is 4.74 Å². The summed E-state index contributed by atoms with van der Waals surface area (Å²) in [6.45, 7) is 3.99. The van der Waals surface area contributed by atoms with Crippen LogP contribution in [-0.4, -0.2) is 23.4 Å². The molecule has 2 rings (SSSR count). The Morgan fingerprint density at radius 3 is 2.79 bits per heavy atom. The van der Waals surface area contributed by atoms with E-state index in [9.17, 15) is 0 Å². The van der Waals surface area contributed by atoms with Crippen LogP contribution in [0.4, 0.5) is 0 Å². The first-order valence-corrected chi connectivity index (χ1v) is 7.49. The number of aromatic nitrogens is 2. The molecule has 1 saturated carbocycles. The molecule has 0 unspecified atom stereocenters. The highest BCUT2D eigenvalue weighted by atomic mass is 16.5. The van der Waals surface area contributed by atoms with Gasteiger partial charge < -0.3 is 10.1 Å². The first-order valence-electron chi connectivity index (χ1n) is 7.49. The summed E-state index contributed by atoms with van der Waals surface area (Å²) >= 11 is 0. The van der Waals surface area contributed by atoms with Crippen molar-refractivity contribution >= 4 is 0 Å². The van der Waals surface area contributed by atoms with E-state index in [2.05, 4.69) is 10.4 Å². The van der Waals surface area contributed by atoms with Gasteiger partial charge in [0, 0.05) is 13.6 Å². The summed E-state index contributed by atoms with van der Waals surface area (Å²) in [6.07, 6.45) is 8.47. The topological polar surface area (TPSA) is 39.1 Å². The molecule has 0 aromatic carbocycles. The standard InChI is InChI=1S/C15H27N3O/c1-12-14(15(19-3)18(2)17-12)11-16-10-6-9-13-7-4-5-8-13/h13,16H,4-11H2,1-3H3. The maximum atomic E-state index is 5.40. The molecular formula is C15H27N3O. The first kappa shape index (κ1) is 14.4. The molecule has 0 radical (unpaired) electrons. The first-order chi connectivity index (χ1) is 9.22. The number of hydrogen-bond acceptors (Lipinski definition) is 3. The van der Waals surface area contributed by atoms with Gasteiger partial charge in [-0.2, -0.15) is 5.10 Å². The van der Waals surface area contributed by atoms with Gasteiger partial charge in [0.2, 0.25) is 5.88 Å². The molecule has 0 aliphatic heterocycles. The van der Waals surface area contributed by atoms with Gasteiger partial charge in [-0.15, -0.1) is 0 Å². The molecule has 0 atom stereocenters. The van der Waals surface area contributed by atoms with Gasteiger partial charge >= 0.3 is 0 Å². The Kier molecular flexibility index (Phi) is 5.25. The summed E-state index contributed by atoms with van der Waals surface area (Å²) in [5.41, 5.74) is 2.24. The summed E-state index contributed by atoms with van der Waals surface area (Å²) in [5.74, 6) is 1.87. The number of nitrogens with zero attached hydrogens (tertiary/aromatic N) is 2. The molecule has 108 valence electrons. The zero-order chi connectivity index (χ0) is 13.7. The predicted molar refractivity (Wildman–Crippen MR) is 77.4 cm³/mol. The number of nitrogens with one attached hydrogen (secondary N) is 1. The van der Waals surface area contributed by atoms with Crippen molar-refractivity contribution < 1.29 is 4.74 Å². The Balaban J connectivity index is 1.70. The number of rotatable bonds is 7. The molecule has 1 aromatic rings. The van der Waals surface area contributed by atoms with Crippen molar-refractivity contribution in [1.82, 2.24) is 15.1 Å². The normalized spacial score (nSPS) is 16.2. The van der Waals surface area contributed by atoms with Gasteiger partial charge in [-0.1, -0.05) is 25.7 Å². The molecule has 19 heavy (non-hydrogen) atoms. The van der Waals surface area contributed by atoms with Gasteiger partial charge in [-0.25, -0.2) is 4.68 Å². The maximum absolute atomic E-state index is 5.40. The molecule has 0 amide bonds. The van der Waals surface area contributed by atoms with Crippen LogP contribution >= 0.6 is 0 Å². The van der Waals surface area contributed by atoms with Crippen LogP contribution in [-0.2, 0) is 13.6 Å². The molecule has 1 fully saturated rings. The lowest BCUT2D eigenvalue weighted by Crippen LogP contribution is -2.16. The number of ether oxygens (including phenoxy) is 1. The zero-order valence-electron chi connectivity index (χ0n) is 12.5. The highest BCUT2D eigenvalue weighted by Crippen LogP contribution is 2.28. The summed E-state index contributed by atoms with van der Waals surface area (Å²) in [7, 11) is 3.63. The van der Waals surface area contributed by atoms with Crippen LogP contribution in [0.1, 0.15) is 49.8 Å². The Morgan fingerprint density at radius 1 is 1.37 bits per heavy atom. The van der Waals surface area contributed by atoms with E-state index in [1.807, 2.05) is 18.7 Å². The third-order valence-corrected chi connectivity index (χ3v) is 4.22. The van der Waals surface area contributed by atoms with E-state index in [1.165, 1.54) is 44.1 Å². The minimum atomic E-state index is 0.855. The van der Waals surface area contributed by atoms with Crippen LogP contribution in [0, 0.1) is 12.8 Å². The van der Waals surface area contributed by atoms with Gasteiger partial charge in [-0.05, 0) is 32.2 Å². The van der Waals surface area contributed by atoms with E-state index < -0.39 is 0 Å². The van der Waals surface area contributed by atoms with Crippen molar-refractivity contribution in [3.63, 3.8) is 0 Å². The second-order valence-electron chi connectivity index (χ2n) is 5.67. The molecule has 0 saturated heterocycles. The smallest absolute Gasteiger partial charge is 0.216 e. The van der Waals surface area contributed by atoms with Gasteiger partial charge in [0.25, 0.3) is 0 Å². The molecular weight excluding hydrogens is 238 g/mol. The fraction of sp³-hybridized carbons (Fsp3) is 0.800. The van der Waals surface area contributed by atoms with Crippen LogP contribution in [0.25, 0.3) is 0 Å². The molecule has 0 bridgehead atoms. The monoisotopic (exact) mass is 265 g/mol. The number of aryl methyl sites for hydroxylation is 2. The maximum Gasteiger partial charge on any atom is 0.216 e. The van der Waals surface area contributed by atoms with Crippen LogP contribution in [0.3, 0.4) is 0 Å². The van der Waals surface area contributed by atoms with Crippen LogP contribution < -0.4 is 10.1 Å². The van der Waals surface area contributed by atoms with E-state index >= 15 is 0 Å². The van der Waals surface area contributed by atoms with Crippen molar-refractivity contribution in [2.24, 2.45) is 13.0 Å². The van der Waals surface area contributed by atoms with Crippen LogP contribution in [0.15, 0.2) is 0 Å². The Hall–Kier alpha value is -1.03. The summed E-state index contributed by atoms with van der Waals surface area (Å²) in [4.78, 5) is 0. The van der Waals surface area contributed by atoms with E-state index in [-0.39, 0.29) is 0 Å². The van der Waals surface area contributed by atoms with Crippen LogP contribution in [0.2, 0.25) is 0 Å². The number of methoxy groups -OCH3 is 1. The lowest BCUT2D eigenvalue weighted by molar-refractivity contribution is 0.367. The molecule has 1 N–H and O–H groups in total. The highest BCUT2D eigenvalue weighted by molar-refractivity contribution is 5.30. The van der Waals surface area contributed by atoms with Crippen molar-refractivity contribution in [3.8, 4) is 5.88 Å². The molecule has 4 heteroatoms. The van der Waals surface area contributed by atoms with E-state index in [1.54, 1.807) is 7.11 Å². The molecule has 4 nitrogen and oxygen atoms in total. The van der Waals surface area contributed by atoms with Gasteiger partial charge in [0.05, 0.1) is 18.4 Å². The van der Waals surface area contributed by atoms with E-state index in [0.717, 1.165) is 30.6 Å². The summed E-state index contributed by atoms with van der Waals surface area (Å²) < 4.78 is 7.21. The summed E-state index contributed by atoms with van der Waals surface area (Å²) in [6, 6.07) is 0. The largest absolute Gasteiger partial charge is 0.481 e. The van der Waals surface area contributed by atoms with Crippen molar-refractivity contribution in [2.45, 2.75) is 52.0 Å². The zero-order valence-corrected chi connectivity index (χ0v) is 12.5. The van der Waals surface area contributed by atoms with Crippen molar-refractivity contribution in [2.75, 3.05) is 13.7 Å². The molecule has 1 aliphatic carbocycles. The minimum absolute atomic E-state index is 0.855. The lowest BCUT2D eigenvalue weighted by Gasteiger charge is -2.10. The third kappa shape index (κ3) is 3.72. The van der Waals surface area contributed by atoms with Gasteiger partial charge in [0.15, 0.2) is 0 Å². The average Bonchev–Trinajstić information content (AvgIpc) is 2.98. The highest BCUT2D eigenvalue weighted by Gasteiger charge is 2.15. The Morgan fingerprint density at radius 2 is 2.11 bits per heavy atom. The van der Waals surface area contributed by atoms with Crippen LogP contribution in [0.5, 0.6) is 5.88 Å². The SMILES string of the molecule is COc1c(CNCCCC2CCCC2)c(C)nn1C. The second-order valence-corrected chi connectivity index (χ2v) is 5.67. The fourth-order valence-electron chi connectivity index (χ4n) is 3.17. The lowest BCUT2D eigenvalue weighted by atomic mass is 10.0. The Bertz CT molecular complexity index is 394. The van der Waals surface area contributed by atoms with Gasteiger partial charge in [-0.3, -0.25) is 0 Å². The van der Waals surface area contributed by atoms with Gasteiger partial charge in [0.1, 0.15) is 0 Å². The quantitative estimate of drug-likeness (QED) is 0.771. The molecule has 1 heterocycles. The molecule has 0 spiro atoms. The molecule has 1 aromatic heterocycles. The molecule has 1 aliphatic rings.